The molecule has 4 aromatic rings. The van der Waals surface area contributed by atoms with Gasteiger partial charge in [-0.1, -0.05) is 43.8 Å². The zero-order chi connectivity index (χ0) is 41.1. The van der Waals surface area contributed by atoms with Crippen molar-refractivity contribution in [3.8, 4) is 5.75 Å². The van der Waals surface area contributed by atoms with Gasteiger partial charge in [0.15, 0.2) is 5.82 Å². The first kappa shape index (κ1) is 40.9. The van der Waals surface area contributed by atoms with Crippen molar-refractivity contribution < 1.29 is 28.7 Å². The van der Waals surface area contributed by atoms with Crippen LogP contribution in [0.15, 0.2) is 71.8 Å². The molecule has 0 saturated carbocycles. The number of carbonyl (C=O) groups is 5. The maximum absolute atomic E-state index is 13.4. The van der Waals surface area contributed by atoms with Crippen molar-refractivity contribution in [3.05, 3.63) is 83.0 Å². The molecule has 0 spiro atoms. The fourth-order valence-electron chi connectivity index (χ4n) is 7.46. The van der Waals surface area contributed by atoms with Gasteiger partial charge in [-0.15, -0.1) is 11.8 Å². The highest BCUT2D eigenvalue weighted by molar-refractivity contribution is 7.99. The number of ether oxygens (including phenoxy) is 1. The van der Waals surface area contributed by atoms with Crippen LogP contribution in [0.3, 0.4) is 0 Å². The Morgan fingerprint density at radius 3 is 2.52 bits per heavy atom. The second-order valence-corrected chi connectivity index (χ2v) is 18.2. The number of aromatic nitrogens is 2. The monoisotopic (exact) mass is 842 g/mol. The summed E-state index contributed by atoms with van der Waals surface area (Å²) in [6.07, 6.45) is 3.52. The summed E-state index contributed by atoms with van der Waals surface area (Å²) in [5.74, 6) is -0.287. The average Bonchev–Trinajstić information content (AvgIpc) is 3.48. The minimum Gasteiger partial charge on any atom is -0.494 e. The molecule has 5 amide bonds. The van der Waals surface area contributed by atoms with Crippen molar-refractivity contribution in [1.82, 2.24) is 25.1 Å². The molecule has 2 saturated heterocycles. The number of halogens is 1. The summed E-state index contributed by atoms with van der Waals surface area (Å²) in [7, 11) is 3.11. The van der Waals surface area contributed by atoms with E-state index in [4.69, 9.17) is 16.3 Å². The van der Waals surface area contributed by atoms with Crippen molar-refractivity contribution in [2.45, 2.75) is 49.1 Å². The molecule has 4 heterocycles. The van der Waals surface area contributed by atoms with Gasteiger partial charge in [-0.2, -0.15) is 4.98 Å². The molecule has 1 aromatic heterocycles. The number of thioether (sulfide) groups is 1. The maximum atomic E-state index is 13.4. The number of hydrogen-bond acceptors (Lipinski definition) is 12. The van der Waals surface area contributed by atoms with Gasteiger partial charge >= 0.3 is 0 Å². The van der Waals surface area contributed by atoms with E-state index in [2.05, 4.69) is 50.2 Å². The molecule has 14 nitrogen and oxygen atoms in total. The van der Waals surface area contributed by atoms with Crippen LogP contribution in [-0.4, -0.2) is 108 Å². The molecule has 1 atom stereocenters. The highest BCUT2D eigenvalue weighted by Crippen LogP contribution is 2.37. The quantitative estimate of drug-likeness (QED) is 0.0818. The van der Waals surface area contributed by atoms with E-state index in [0.717, 1.165) is 42.2 Å². The van der Waals surface area contributed by atoms with Gasteiger partial charge in [-0.3, -0.25) is 34.2 Å². The third-order valence-corrected chi connectivity index (χ3v) is 13.3. The van der Waals surface area contributed by atoms with E-state index in [1.807, 2.05) is 48.3 Å². The third-order valence-electron chi connectivity index (χ3n) is 10.6. The van der Waals surface area contributed by atoms with E-state index in [1.54, 1.807) is 31.5 Å². The smallest absolute Gasteiger partial charge is 0.263 e. The van der Waals surface area contributed by atoms with E-state index < -0.39 is 29.7 Å². The number of para-hydroxylation sites is 1. The number of methoxy groups -OCH3 is 1. The van der Waals surface area contributed by atoms with Crippen LogP contribution in [0.5, 0.6) is 5.75 Å². The summed E-state index contributed by atoms with van der Waals surface area (Å²) < 4.78 is 5.77. The Morgan fingerprint density at radius 1 is 1.00 bits per heavy atom. The predicted molar refractivity (Wildman–Crippen MR) is 228 cm³/mol. The van der Waals surface area contributed by atoms with E-state index in [1.165, 1.54) is 17.1 Å². The van der Waals surface area contributed by atoms with E-state index in [0.29, 0.717) is 38.9 Å². The SMILES string of the molecule is COc1cc(N2CCC(N(C)C(=O)CCSc3cccc4c3C(=O)N(C3CCC(=O)NC3=O)C4=O)CC2)ccc1Nc1ncc(Cl)c(Nc2ccccc2P(C)C)n1. The standard InChI is InChI=1S/C41H44ClN8O6PS/c1-48(35(52)18-21-58-33-11-7-8-26-36(33)40(55)50(39(26)54)30-14-15-34(51)46-38(30)53)24-16-19-49(20-17-24)25-12-13-28(31(22-25)56-2)45-41-43-23-27(42)37(47-41)44-29-9-5-6-10-32(29)57(3)4/h5-13,22-24,30H,14-21H2,1-4H3,(H,46,51,53)(H2,43,44,45,47). The van der Waals surface area contributed by atoms with Gasteiger partial charge in [0.05, 0.1) is 30.1 Å². The number of nitrogens with one attached hydrogen (secondary N) is 3. The molecule has 58 heavy (non-hydrogen) atoms. The summed E-state index contributed by atoms with van der Waals surface area (Å²) in [6.45, 7) is 5.89. The van der Waals surface area contributed by atoms with Crippen LogP contribution in [0.25, 0.3) is 0 Å². The summed E-state index contributed by atoms with van der Waals surface area (Å²) in [5.41, 5.74) is 3.11. The number of carbonyl (C=O) groups excluding carboxylic acids is 5. The number of benzene rings is 3. The lowest BCUT2D eigenvalue weighted by molar-refractivity contribution is -0.136. The Balaban J connectivity index is 0.919. The molecule has 2 fully saturated rings. The van der Waals surface area contributed by atoms with E-state index >= 15 is 0 Å². The topological polar surface area (TPSA) is 166 Å². The molecule has 3 N–H and O–H groups in total. The normalized spacial score (nSPS) is 17.0. The molecule has 3 aliphatic rings. The van der Waals surface area contributed by atoms with Gasteiger partial charge in [0.2, 0.25) is 23.7 Å². The van der Waals surface area contributed by atoms with Crippen LogP contribution in [0.4, 0.5) is 28.8 Å². The van der Waals surface area contributed by atoms with E-state index in [9.17, 15) is 24.0 Å². The summed E-state index contributed by atoms with van der Waals surface area (Å²) in [6, 6.07) is 18.1. The van der Waals surface area contributed by atoms with Crippen LogP contribution >= 0.6 is 31.3 Å². The van der Waals surface area contributed by atoms with Gasteiger partial charge in [0, 0.05) is 67.1 Å². The number of rotatable bonds is 13. The highest BCUT2D eigenvalue weighted by atomic mass is 35.5. The molecular weight excluding hydrogens is 799 g/mol. The van der Waals surface area contributed by atoms with Crippen LogP contribution in [-0.2, 0) is 14.4 Å². The van der Waals surface area contributed by atoms with Gasteiger partial charge in [-0.25, -0.2) is 4.98 Å². The van der Waals surface area contributed by atoms with Crippen LogP contribution < -0.4 is 30.9 Å². The number of anilines is 5. The third kappa shape index (κ3) is 8.62. The number of piperidine rings is 2. The Hall–Kier alpha value is -5.24. The second-order valence-electron chi connectivity index (χ2n) is 14.4. The fraction of sp³-hybridized carbons (Fsp3) is 0.341. The minimum atomic E-state index is -1.03. The molecular formula is C41H44ClN8O6PS. The first-order valence-corrected chi connectivity index (χ1v) is 22.5. The molecule has 17 heteroatoms. The average molecular weight is 843 g/mol. The largest absolute Gasteiger partial charge is 0.494 e. The fourth-order valence-corrected chi connectivity index (χ4v) is 9.60. The van der Waals surface area contributed by atoms with Crippen molar-refractivity contribution in [2.75, 3.05) is 61.9 Å². The lowest BCUT2D eigenvalue weighted by atomic mass is 10.0. The number of nitrogens with zero attached hydrogens (tertiary/aromatic N) is 5. The van der Waals surface area contributed by atoms with Crippen LogP contribution in [0.2, 0.25) is 5.02 Å². The van der Waals surface area contributed by atoms with E-state index in [-0.39, 0.29) is 50.3 Å². The zero-order valence-corrected chi connectivity index (χ0v) is 35.0. The first-order chi connectivity index (χ1) is 27.9. The number of amides is 5. The zero-order valence-electron chi connectivity index (χ0n) is 32.6. The van der Waals surface area contributed by atoms with Gasteiger partial charge in [0.1, 0.15) is 16.8 Å². The van der Waals surface area contributed by atoms with Crippen molar-refractivity contribution in [2.24, 2.45) is 0 Å². The second kappa shape index (κ2) is 17.7. The maximum Gasteiger partial charge on any atom is 0.263 e. The van der Waals surface area contributed by atoms with Crippen LogP contribution in [0, 0.1) is 0 Å². The molecule has 1 unspecified atom stereocenters. The number of hydrogen-bond donors (Lipinski definition) is 3. The Labute approximate surface area is 347 Å². The number of imide groups is 2. The summed E-state index contributed by atoms with van der Waals surface area (Å²) in [5, 5.41) is 10.5. The Kier molecular flexibility index (Phi) is 12.5. The molecule has 0 aliphatic carbocycles. The predicted octanol–water partition coefficient (Wildman–Crippen LogP) is 6.00. The molecule has 3 aromatic carbocycles. The summed E-state index contributed by atoms with van der Waals surface area (Å²) >= 11 is 7.83. The van der Waals surface area contributed by atoms with Gasteiger partial charge < -0.3 is 25.2 Å². The van der Waals surface area contributed by atoms with Gasteiger partial charge in [-0.05, 0) is 68.2 Å². The molecule has 302 valence electrons. The highest BCUT2D eigenvalue weighted by Gasteiger charge is 2.45. The molecule has 0 radical (unpaired) electrons. The Morgan fingerprint density at radius 2 is 1.78 bits per heavy atom. The first-order valence-electron chi connectivity index (χ1n) is 18.9. The van der Waals surface area contributed by atoms with Crippen molar-refractivity contribution in [1.29, 1.82) is 0 Å². The van der Waals surface area contributed by atoms with Crippen molar-refractivity contribution >= 4 is 95.0 Å². The lowest BCUT2D eigenvalue weighted by Crippen LogP contribution is -2.54. The number of fused-ring (bicyclic) bond motifs is 1. The van der Waals surface area contributed by atoms with Gasteiger partial charge in [0.25, 0.3) is 11.8 Å². The minimum absolute atomic E-state index is 0.00373. The Bertz CT molecular complexity index is 2270. The molecule has 3 aliphatic heterocycles. The molecule has 0 bridgehead atoms. The van der Waals surface area contributed by atoms with Crippen molar-refractivity contribution in [3.63, 3.8) is 0 Å². The van der Waals surface area contributed by atoms with Crippen LogP contribution in [0.1, 0.15) is 52.8 Å². The lowest BCUT2D eigenvalue weighted by Gasteiger charge is -2.38. The summed E-state index contributed by atoms with van der Waals surface area (Å²) in [4.78, 5) is 78.8. The molecule has 7 rings (SSSR count).